The summed E-state index contributed by atoms with van der Waals surface area (Å²) in [4.78, 5) is 11.5. The van der Waals surface area contributed by atoms with Crippen molar-refractivity contribution in [1.29, 1.82) is 5.26 Å². The van der Waals surface area contributed by atoms with Crippen molar-refractivity contribution in [2.75, 3.05) is 5.32 Å². The summed E-state index contributed by atoms with van der Waals surface area (Å²) in [5, 5.41) is 15.4. The van der Waals surface area contributed by atoms with Crippen molar-refractivity contribution in [3.63, 3.8) is 0 Å². The second kappa shape index (κ2) is 7.10. The van der Waals surface area contributed by atoms with E-state index in [1.54, 1.807) is 24.4 Å². The molecule has 1 N–H and O–H groups in total. The maximum absolute atomic E-state index is 11.5. The van der Waals surface area contributed by atoms with Crippen molar-refractivity contribution in [3.05, 3.63) is 42.2 Å². The lowest BCUT2D eigenvalue weighted by molar-refractivity contribution is -0.115. The van der Waals surface area contributed by atoms with Gasteiger partial charge in [-0.2, -0.15) is 10.4 Å². The molecule has 0 unspecified atom stereocenters. The monoisotopic (exact) mass is 284 g/mol. The fourth-order valence-corrected chi connectivity index (χ4v) is 1.88. The highest BCUT2D eigenvalue weighted by Crippen LogP contribution is 2.24. The first-order valence-electron chi connectivity index (χ1n) is 6.64. The van der Waals surface area contributed by atoms with Crippen LogP contribution in [0.1, 0.15) is 19.0 Å². The van der Waals surface area contributed by atoms with Crippen molar-refractivity contribution in [1.82, 2.24) is 9.78 Å². The molecule has 21 heavy (non-hydrogen) atoms. The molecule has 0 radical (unpaired) electrons. The number of nitriles is 1. The molecular weight excluding hydrogens is 268 g/mol. The predicted molar refractivity (Wildman–Crippen MR) is 77.5 cm³/mol. The molecule has 0 aliphatic carbocycles. The van der Waals surface area contributed by atoms with E-state index in [9.17, 15) is 4.79 Å². The number of anilines is 1. The Kier molecular flexibility index (Phi) is 4.94. The van der Waals surface area contributed by atoms with Gasteiger partial charge >= 0.3 is 0 Å². The van der Waals surface area contributed by atoms with Crippen molar-refractivity contribution in [3.8, 4) is 11.8 Å². The number of carbonyl (C=O) groups excluding carboxylic acids is 1. The van der Waals surface area contributed by atoms with Crippen molar-refractivity contribution in [2.45, 2.75) is 26.5 Å². The van der Waals surface area contributed by atoms with E-state index < -0.39 is 0 Å². The maximum Gasteiger partial charge on any atom is 0.238 e. The largest absolute Gasteiger partial charge is 0.485 e. The van der Waals surface area contributed by atoms with Gasteiger partial charge in [-0.05, 0) is 25.1 Å². The summed E-state index contributed by atoms with van der Waals surface area (Å²) in [6.45, 7) is 3.14. The van der Waals surface area contributed by atoms with Crippen LogP contribution in [0.25, 0.3) is 0 Å². The van der Waals surface area contributed by atoms with E-state index in [1.807, 2.05) is 29.8 Å². The zero-order chi connectivity index (χ0) is 15.1. The van der Waals surface area contributed by atoms with Gasteiger partial charge in [-0.15, -0.1) is 0 Å². The molecule has 0 atom stereocenters. The van der Waals surface area contributed by atoms with E-state index in [4.69, 9.17) is 10.00 Å². The van der Waals surface area contributed by atoms with Crippen molar-refractivity contribution >= 4 is 11.6 Å². The Labute approximate surface area is 123 Å². The molecule has 108 valence electrons. The van der Waals surface area contributed by atoms with Gasteiger partial charge in [0.15, 0.2) is 0 Å². The average Bonchev–Trinajstić information content (AvgIpc) is 2.94. The molecule has 0 saturated carbocycles. The standard InChI is InChI=1S/C15H16N4O2/c1-2-19-12(8-10-17-19)11-21-14-6-4-3-5-13(14)18-15(20)7-9-16/h3-6,8,10H,2,7,11H2,1H3,(H,18,20). The predicted octanol–water partition coefficient (Wildman–Crippen LogP) is 2.33. The van der Waals surface area contributed by atoms with Crippen LogP contribution in [0.15, 0.2) is 36.5 Å². The third kappa shape index (κ3) is 3.83. The molecule has 2 rings (SSSR count). The Morgan fingerprint density at radius 2 is 2.24 bits per heavy atom. The normalized spacial score (nSPS) is 9.90. The summed E-state index contributed by atoms with van der Waals surface area (Å²) < 4.78 is 7.59. The quantitative estimate of drug-likeness (QED) is 0.882. The molecule has 0 aliphatic heterocycles. The first-order chi connectivity index (χ1) is 10.2. The molecule has 6 nitrogen and oxygen atoms in total. The molecular formula is C15H16N4O2. The summed E-state index contributed by atoms with van der Waals surface area (Å²) in [5.74, 6) is 0.208. The van der Waals surface area contributed by atoms with Crippen molar-refractivity contribution < 1.29 is 9.53 Å². The number of carbonyl (C=O) groups is 1. The topological polar surface area (TPSA) is 79.9 Å². The number of hydrogen-bond donors (Lipinski definition) is 1. The second-order valence-corrected chi connectivity index (χ2v) is 4.31. The third-order valence-electron chi connectivity index (χ3n) is 2.88. The van der Waals surface area contributed by atoms with Crippen LogP contribution in [0.3, 0.4) is 0 Å². The molecule has 1 heterocycles. The lowest BCUT2D eigenvalue weighted by Gasteiger charge is -2.12. The van der Waals surface area contributed by atoms with Crippen LogP contribution in [-0.4, -0.2) is 15.7 Å². The van der Waals surface area contributed by atoms with Crippen LogP contribution < -0.4 is 10.1 Å². The van der Waals surface area contributed by atoms with Gasteiger partial charge in [0.25, 0.3) is 0 Å². The van der Waals surface area contributed by atoms with E-state index in [-0.39, 0.29) is 12.3 Å². The number of ether oxygens (including phenoxy) is 1. The molecule has 6 heteroatoms. The summed E-state index contributed by atoms with van der Waals surface area (Å²) in [6.07, 6.45) is 1.54. The van der Waals surface area contributed by atoms with Crippen LogP contribution in [0.4, 0.5) is 5.69 Å². The van der Waals surface area contributed by atoms with Crippen LogP contribution in [0.5, 0.6) is 5.75 Å². The second-order valence-electron chi connectivity index (χ2n) is 4.31. The fourth-order valence-electron chi connectivity index (χ4n) is 1.88. The number of hydrogen-bond acceptors (Lipinski definition) is 4. The number of nitrogens with zero attached hydrogens (tertiary/aromatic N) is 3. The minimum atomic E-state index is -0.354. The SMILES string of the molecule is CCn1nccc1COc1ccccc1NC(=O)CC#N. The Balaban J connectivity index is 2.06. The number of aromatic nitrogens is 2. The summed E-state index contributed by atoms with van der Waals surface area (Å²) in [5.41, 5.74) is 1.51. The Morgan fingerprint density at radius 1 is 1.43 bits per heavy atom. The van der Waals surface area contributed by atoms with E-state index in [0.717, 1.165) is 12.2 Å². The first kappa shape index (κ1) is 14.6. The average molecular weight is 284 g/mol. The highest BCUT2D eigenvalue weighted by atomic mass is 16.5. The minimum Gasteiger partial charge on any atom is -0.485 e. The summed E-state index contributed by atoms with van der Waals surface area (Å²) >= 11 is 0. The van der Waals surface area contributed by atoms with E-state index >= 15 is 0 Å². The van der Waals surface area contributed by atoms with E-state index in [2.05, 4.69) is 10.4 Å². The van der Waals surface area contributed by atoms with Crippen molar-refractivity contribution in [2.24, 2.45) is 0 Å². The number of nitrogens with one attached hydrogen (secondary N) is 1. The molecule has 0 saturated heterocycles. The smallest absolute Gasteiger partial charge is 0.238 e. The lowest BCUT2D eigenvalue weighted by atomic mass is 10.3. The zero-order valence-corrected chi connectivity index (χ0v) is 11.7. The number of para-hydroxylation sites is 2. The van der Waals surface area contributed by atoms with Gasteiger partial charge in [-0.3, -0.25) is 9.48 Å². The van der Waals surface area contributed by atoms with Gasteiger partial charge in [-0.25, -0.2) is 0 Å². The maximum atomic E-state index is 11.5. The van der Waals surface area contributed by atoms with Crippen LogP contribution in [0, 0.1) is 11.3 Å². The van der Waals surface area contributed by atoms with Crippen LogP contribution in [-0.2, 0) is 17.9 Å². The number of amides is 1. The number of rotatable bonds is 6. The highest BCUT2D eigenvalue weighted by molar-refractivity contribution is 5.93. The van der Waals surface area contributed by atoms with Gasteiger partial charge in [-0.1, -0.05) is 12.1 Å². The Bertz CT molecular complexity index is 658. The van der Waals surface area contributed by atoms with Gasteiger partial charge in [0.2, 0.25) is 5.91 Å². The van der Waals surface area contributed by atoms with Gasteiger partial charge in [0.1, 0.15) is 18.8 Å². The third-order valence-corrected chi connectivity index (χ3v) is 2.88. The Morgan fingerprint density at radius 3 is 3.00 bits per heavy atom. The fraction of sp³-hybridized carbons (Fsp3) is 0.267. The summed E-state index contributed by atoms with van der Waals surface area (Å²) in [7, 11) is 0. The lowest BCUT2D eigenvalue weighted by Crippen LogP contribution is -2.12. The number of benzene rings is 1. The highest BCUT2D eigenvalue weighted by Gasteiger charge is 2.08. The molecule has 0 bridgehead atoms. The molecule has 1 aromatic heterocycles. The van der Waals surface area contributed by atoms with Gasteiger partial charge in [0.05, 0.1) is 17.5 Å². The molecule has 1 aromatic carbocycles. The number of aryl methyl sites for hydroxylation is 1. The zero-order valence-electron chi connectivity index (χ0n) is 11.7. The van der Waals surface area contributed by atoms with Gasteiger partial charge in [0, 0.05) is 12.7 Å². The van der Waals surface area contributed by atoms with E-state index in [1.165, 1.54) is 0 Å². The van der Waals surface area contributed by atoms with Gasteiger partial charge < -0.3 is 10.1 Å². The Hall–Kier alpha value is -2.81. The van der Waals surface area contributed by atoms with Crippen LogP contribution in [0.2, 0.25) is 0 Å². The molecule has 2 aromatic rings. The molecule has 1 amide bonds. The summed E-state index contributed by atoms with van der Waals surface area (Å²) in [6, 6.07) is 10.8. The molecule has 0 fully saturated rings. The van der Waals surface area contributed by atoms with E-state index in [0.29, 0.717) is 18.0 Å². The molecule has 0 spiro atoms. The molecule has 0 aliphatic rings. The first-order valence-corrected chi connectivity index (χ1v) is 6.64. The minimum absolute atomic E-state index is 0.184. The van der Waals surface area contributed by atoms with Crippen LogP contribution >= 0.6 is 0 Å².